The van der Waals surface area contributed by atoms with E-state index in [9.17, 15) is 4.79 Å². The topological polar surface area (TPSA) is 35.5 Å². The van der Waals surface area contributed by atoms with E-state index in [1.807, 2.05) is 26.0 Å². The van der Waals surface area contributed by atoms with Gasteiger partial charge < -0.3 is 9.47 Å². The van der Waals surface area contributed by atoms with Crippen LogP contribution in [0, 0.1) is 6.92 Å². The van der Waals surface area contributed by atoms with Crippen molar-refractivity contribution in [2.45, 2.75) is 13.8 Å². The second-order valence-corrected chi connectivity index (χ2v) is 2.99. The summed E-state index contributed by atoms with van der Waals surface area (Å²) in [5, 5.41) is 0. The zero-order chi connectivity index (χ0) is 11.3. The largest absolute Gasteiger partial charge is 0.494 e. The molecule has 0 aromatic heterocycles. The summed E-state index contributed by atoms with van der Waals surface area (Å²) in [6, 6.07) is 5.38. The summed E-state index contributed by atoms with van der Waals surface area (Å²) in [4.78, 5) is 11.0. The molecule has 1 aromatic carbocycles. The van der Waals surface area contributed by atoms with Crippen LogP contribution in [0.1, 0.15) is 12.5 Å². The minimum Gasteiger partial charge on any atom is -0.494 e. The van der Waals surface area contributed by atoms with E-state index in [1.54, 1.807) is 6.07 Å². The summed E-state index contributed by atoms with van der Waals surface area (Å²) in [5.74, 6) is 0.729. The molecular weight excluding hydrogens is 192 g/mol. The highest BCUT2D eigenvalue weighted by Crippen LogP contribution is 2.24. The number of aryl methyl sites for hydroxylation is 1. The molecule has 0 unspecified atom stereocenters. The molecule has 0 saturated carbocycles. The van der Waals surface area contributed by atoms with Crippen molar-refractivity contribution in [3.8, 4) is 11.5 Å². The molecule has 0 fully saturated rings. The van der Waals surface area contributed by atoms with Gasteiger partial charge in [0.05, 0.1) is 6.61 Å². The maximum atomic E-state index is 11.0. The number of rotatable bonds is 4. The molecule has 0 N–H and O–H groups in total. The summed E-state index contributed by atoms with van der Waals surface area (Å²) < 4.78 is 10.3. The van der Waals surface area contributed by atoms with Gasteiger partial charge >= 0.3 is 5.97 Å². The molecule has 0 saturated heterocycles. The third-order valence-corrected chi connectivity index (χ3v) is 1.85. The maximum absolute atomic E-state index is 11.0. The first-order chi connectivity index (χ1) is 7.17. The van der Waals surface area contributed by atoms with Gasteiger partial charge in [0.2, 0.25) is 0 Å². The molecule has 0 aliphatic rings. The van der Waals surface area contributed by atoms with Crippen LogP contribution < -0.4 is 9.47 Å². The SMILES string of the molecule is C=CC(=O)Oc1cc(OCC)ccc1C. The number of benzene rings is 1. The van der Waals surface area contributed by atoms with E-state index in [2.05, 4.69) is 6.58 Å². The first-order valence-corrected chi connectivity index (χ1v) is 4.75. The van der Waals surface area contributed by atoms with E-state index >= 15 is 0 Å². The van der Waals surface area contributed by atoms with Crippen molar-refractivity contribution in [3.63, 3.8) is 0 Å². The molecule has 1 rings (SSSR count). The smallest absolute Gasteiger partial charge is 0.335 e. The van der Waals surface area contributed by atoms with Gasteiger partial charge in [-0.2, -0.15) is 0 Å². The van der Waals surface area contributed by atoms with Gasteiger partial charge in [-0.05, 0) is 25.5 Å². The molecule has 0 bridgehead atoms. The minimum atomic E-state index is -0.466. The number of carbonyl (C=O) groups excluding carboxylic acids is 1. The van der Waals surface area contributed by atoms with Crippen LogP contribution in [0.3, 0.4) is 0 Å². The van der Waals surface area contributed by atoms with Crippen molar-refractivity contribution < 1.29 is 14.3 Å². The van der Waals surface area contributed by atoms with Gasteiger partial charge in [-0.1, -0.05) is 12.6 Å². The molecule has 0 heterocycles. The Hall–Kier alpha value is -1.77. The lowest BCUT2D eigenvalue weighted by Crippen LogP contribution is -2.04. The van der Waals surface area contributed by atoms with E-state index in [4.69, 9.17) is 9.47 Å². The summed E-state index contributed by atoms with van der Waals surface area (Å²) in [6.07, 6.45) is 1.13. The minimum absolute atomic E-state index is 0.466. The summed E-state index contributed by atoms with van der Waals surface area (Å²) >= 11 is 0. The molecule has 0 radical (unpaired) electrons. The van der Waals surface area contributed by atoms with E-state index in [0.29, 0.717) is 18.1 Å². The van der Waals surface area contributed by atoms with Gasteiger partial charge in [0.25, 0.3) is 0 Å². The van der Waals surface area contributed by atoms with Crippen LogP contribution in [0.25, 0.3) is 0 Å². The second kappa shape index (κ2) is 5.20. The zero-order valence-electron chi connectivity index (χ0n) is 8.95. The monoisotopic (exact) mass is 206 g/mol. The Morgan fingerprint density at radius 3 is 2.87 bits per heavy atom. The lowest BCUT2D eigenvalue weighted by Gasteiger charge is -2.08. The van der Waals surface area contributed by atoms with E-state index < -0.39 is 5.97 Å². The highest BCUT2D eigenvalue weighted by molar-refractivity contribution is 5.83. The molecule has 80 valence electrons. The third-order valence-electron chi connectivity index (χ3n) is 1.85. The van der Waals surface area contributed by atoms with Gasteiger partial charge in [-0.15, -0.1) is 0 Å². The van der Waals surface area contributed by atoms with E-state index in [1.165, 1.54) is 0 Å². The predicted molar refractivity (Wildman–Crippen MR) is 58.2 cm³/mol. The molecule has 0 spiro atoms. The predicted octanol–water partition coefficient (Wildman–Crippen LogP) is 2.49. The van der Waals surface area contributed by atoms with Crippen molar-refractivity contribution in [1.82, 2.24) is 0 Å². The average molecular weight is 206 g/mol. The fourth-order valence-corrected chi connectivity index (χ4v) is 1.10. The number of esters is 1. The summed E-state index contributed by atoms with van der Waals surface area (Å²) in [5.41, 5.74) is 0.883. The molecule has 0 aliphatic carbocycles. The molecule has 0 atom stereocenters. The van der Waals surface area contributed by atoms with E-state index in [-0.39, 0.29) is 0 Å². The highest BCUT2D eigenvalue weighted by atomic mass is 16.5. The van der Waals surface area contributed by atoms with Crippen molar-refractivity contribution in [1.29, 1.82) is 0 Å². The standard InChI is InChI=1S/C12H14O3/c1-4-12(13)15-11-8-10(14-5-2)7-6-9(11)3/h4,6-8H,1,5H2,2-3H3. The Labute approximate surface area is 89.3 Å². The van der Waals surface area contributed by atoms with Crippen LogP contribution in [0.2, 0.25) is 0 Å². The third kappa shape index (κ3) is 3.13. The molecule has 15 heavy (non-hydrogen) atoms. The molecule has 3 nitrogen and oxygen atoms in total. The Kier molecular flexibility index (Phi) is 3.92. The van der Waals surface area contributed by atoms with Crippen LogP contribution >= 0.6 is 0 Å². The van der Waals surface area contributed by atoms with Crippen molar-refractivity contribution in [2.24, 2.45) is 0 Å². The Morgan fingerprint density at radius 2 is 2.27 bits per heavy atom. The Morgan fingerprint density at radius 1 is 1.53 bits per heavy atom. The van der Waals surface area contributed by atoms with Crippen molar-refractivity contribution >= 4 is 5.97 Å². The summed E-state index contributed by atoms with van der Waals surface area (Å²) in [7, 11) is 0. The number of carbonyl (C=O) groups is 1. The van der Waals surface area contributed by atoms with Gasteiger partial charge in [-0.25, -0.2) is 4.79 Å². The lowest BCUT2D eigenvalue weighted by atomic mass is 10.2. The fourth-order valence-electron chi connectivity index (χ4n) is 1.10. The van der Waals surface area contributed by atoms with Gasteiger partial charge in [0.1, 0.15) is 11.5 Å². The Balaban J connectivity index is 2.89. The normalized spacial score (nSPS) is 9.47. The number of ether oxygens (including phenoxy) is 2. The quantitative estimate of drug-likeness (QED) is 0.431. The lowest BCUT2D eigenvalue weighted by molar-refractivity contribution is -0.129. The fraction of sp³-hybridized carbons (Fsp3) is 0.250. The Bertz CT molecular complexity index is 369. The highest BCUT2D eigenvalue weighted by Gasteiger charge is 2.05. The zero-order valence-corrected chi connectivity index (χ0v) is 8.95. The molecule has 0 aliphatic heterocycles. The first kappa shape index (κ1) is 11.3. The number of hydrogen-bond donors (Lipinski definition) is 0. The van der Waals surface area contributed by atoms with Crippen molar-refractivity contribution in [3.05, 3.63) is 36.4 Å². The van der Waals surface area contributed by atoms with Gasteiger partial charge in [0.15, 0.2) is 0 Å². The summed E-state index contributed by atoms with van der Waals surface area (Å²) in [6.45, 7) is 7.68. The molecule has 3 heteroatoms. The van der Waals surface area contributed by atoms with Crippen molar-refractivity contribution in [2.75, 3.05) is 6.61 Å². The van der Waals surface area contributed by atoms with Crippen LogP contribution in [0.5, 0.6) is 11.5 Å². The van der Waals surface area contributed by atoms with Crippen LogP contribution in [-0.2, 0) is 4.79 Å². The van der Waals surface area contributed by atoms with Crippen LogP contribution in [-0.4, -0.2) is 12.6 Å². The number of hydrogen-bond acceptors (Lipinski definition) is 3. The van der Waals surface area contributed by atoms with Gasteiger partial charge in [0, 0.05) is 12.1 Å². The van der Waals surface area contributed by atoms with Crippen LogP contribution in [0.15, 0.2) is 30.9 Å². The maximum Gasteiger partial charge on any atom is 0.335 e. The van der Waals surface area contributed by atoms with Crippen LogP contribution in [0.4, 0.5) is 0 Å². The molecule has 0 amide bonds. The molecular formula is C12H14O3. The second-order valence-electron chi connectivity index (χ2n) is 2.99. The first-order valence-electron chi connectivity index (χ1n) is 4.75. The average Bonchev–Trinajstić information content (AvgIpc) is 2.23. The van der Waals surface area contributed by atoms with E-state index in [0.717, 1.165) is 11.6 Å². The molecule has 1 aromatic rings. The van der Waals surface area contributed by atoms with Gasteiger partial charge in [-0.3, -0.25) is 0 Å².